The molecule has 0 spiro atoms. The number of ketones is 1. The van der Waals surface area contributed by atoms with Crippen LogP contribution in [0.4, 0.5) is 0 Å². The van der Waals surface area contributed by atoms with Gasteiger partial charge in [0.05, 0.1) is 0 Å². The Morgan fingerprint density at radius 3 is 1.29 bits per heavy atom. The predicted octanol–water partition coefficient (Wildman–Crippen LogP) is 0.355. The molecule has 4 heteroatoms. The van der Waals surface area contributed by atoms with Crippen molar-refractivity contribution in [1.82, 2.24) is 0 Å². The van der Waals surface area contributed by atoms with E-state index in [9.17, 15) is 4.79 Å². The van der Waals surface area contributed by atoms with E-state index in [0.717, 1.165) is 0 Å². The van der Waals surface area contributed by atoms with Gasteiger partial charge in [-0.15, -0.1) is 0 Å². The number of rotatable bonds is 0. The minimum absolute atomic E-state index is 0.167. The van der Waals surface area contributed by atoms with E-state index in [0.29, 0.717) is 0 Å². The molecule has 0 radical (unpaired) electrons. The fourth-order valence-electron chi connectivity index (χ4n) is 0. The van der Waals surface area contributed by atoms with Gasteiger partial charge in [-0.3, -0.25) is 0 Å². The van der Waals surface area contributed by atoms with Crippen LogP contribution in [0.2, 0.25) is 0 Å². The Labute approximate surface area is 50.7 Å². The molecule has 0 fully saturated rings. The molecule has 0 atom stereocenters. The number of hydrogen-bond acceptors (Lipinski definition) is 3. The van der Waals surface area contributed by atoms with Gasteiger partial charge in [0.2, 0.25) is 0 Å². The van der Waals surface area contributed by atoms with Crippen molar-refractivity contribution in [3.8, 4) is 0 Å². The Morgan fingerprint density at radius 1 is 1.29 bits per heavy atom. The van der Waals surface area contributed by atoms with E-state index in [4.69, 9.17) is 6.65 Å². The fraction of sp³-hybridized carbons (Fsp3) is 0.667. The average molecular weight is 138 g/mol. The summed E-state index contributed by atoms with van der Waals surface area (Å²) in [4.78, 5) is 9.44. The van der Waals surface area contributed by atoms with Gasteiger partial charge in [0.1, 0.15) is 5.78 Å². The third-order valence-electron chi connectivity index (χ3n) is 0. The molecular weight excluding hydrogens is 132 g/mol. The van der Waals surface area contributed by atoms with E-state index in [2.05, 4.69) is 0 Å². The summed E-state index contributed by atoms with van der Waals surface area (Å²) in [5.41, 5.74) is 0. The van der Waals surface area contributed by atoms with E-state index in [1.54, 1.807) is 0 Å². The molecule has 3 nitrogen and oxygen atoms in total. The SMILES string of the molecule is CC(C)=O.[O]=[Ti]=[O]. The number of carbonyl (C=O) groups is 1. The van der Waals surface area contributed by atoms with E-state index in [1.807, 2.05) is 0 Å². The average Bonchev–Trinajstić information content (AvgIpc) is 1.33. The molecule has 40 valence electrons. The van der Waals surface area contributed by atoms with Gasteiger partial charge in [0.15, 0.2) is 0 Å². The summed E-state index contributed by atoms with van der Waals surface area (Å²) in [7, 11) is 0. The first-order chi connectivity index (χ1) is 3.15. The molecule has 0 aromatic rings. The van der Waals surface area contributed by atoms with Gasteiger partial charge in [0, 0.05) is 0 Å². The Hall–Kier alpha value is -0.0157. The van der Waals surface area contributed by atoms with Crippen molar-refractivity contribution in [1.29, 1.82) is 0 Å². The second kappa shape index (κ2) is 9.37. The van der Waals surface area contributed by atoms with Crippen molar-refractivity contribution in [2.45, 2.75) is 13.8 Å². The minimum atomic E-state index is -2.00. The van der Waals surface area contributed by atoms with Gasteiger partial charge in [0.25, 0.3) is 0 Å². The summed E-state index contributed by atoms with van der Waals surface area (Å²) in [6.45, 7) is 3.06. The first-order valence-electron chi connectivity index (χ1n) is 1.61. The second-order valence-electron chi connectivity index (χ2n) is 0.992. The van der Waals surface area contributed by atoms with Crippen LogP contribution in [0.1, 0.15) is 13.8 Å². The maximum atomic E-state index is 9.44. The van der Waals surface area contributed by atoms with E-state index >= 15 is 0 Å². The summed E-state index contributed by atoms with van der Waals surface area (Å²) < 4.78 is 17.0. The Balaban J connectivity index is 0. The van der Waals surface area contributed by atoms with Gasteiger partial charge < -0.3 is 4.79 Å². The second-order valence-corrected chi connectivity index (χ2v) is 1.25. The molecule has 0 N–H and O–H groups in total. The van der Waals surface area contributed by atoms with E-state index in [1.165, 1.54) is 13.8 Å². The molecule has 0 saturated heterocycles. The maximum absolute atomic E-state index is 9.44. The normalized spacial score (nSPS) is 4.86. The zero-order valence-electron chi connectivity index (χ0n) is 4.22. The van der Waals surface area contributed by atoms with Crippen molar-refractivity contribution < 1.29 is 30.5 Å². The fourth-order valence-corrected chi connectivity index (χ4v) is 0. The van der Waals surface area contributed by atoms with Crippen molar-refractivity contribution in [3.63, 3.8) is 0 Å². The quantitative estimate of drug-likeness (QED) is 0.454. The van der Waals surface area contributed by atoms with Gasteiger partial charge in [-0.2, -0.15) is 0 Å². The van der Waals surface area contributed by atoms with E-state index < -0.39 is 19.1 Å². The molecule has 7 heavy (non-hydrogen) atoms. The molecule has 0 heterocycles. The first-order valence-corrected chi connectivity index (χ1v) is 2.89. The predicted molar refractivity (Wildman–Crippen MR) is 17.7 cm³/mol. The molecule has 0 aromatic heterocycles. The third-order valence-corrected chi connectivity index (χ3v) is 0. The number of Topliss-reactive ketones (excluding diaryl/α,β-unsaturated/α-hetero) is 1. The van der Waals surface area contributed by atoms with E-state index in [-0.39, 0.29) is 5.78 Å². The summed E-state index contributed by atoms with van der Waals surface area (Å²) in [5, 5.41) is 0. The van der Waals surface area contributed by atoms with Crippen LogP contribution < -0.4 is 0 Å². The van der Waals surface area contributed by atoms with Gasteiger partial charge in [-0.05, 0) is 13.8 Å². The Morgan fingerprint density at radius 2 is 1.29 bits per heavy atom. The van der Waals surface area contributed by atoms with Crippen LogP contribution in [0, 0.1) is 0 Å². The van der Waals surface area contributed by atoms with Crippen molar-refractivity contribution in [3.05, 3.63) is 0 Å². The molecule has 0 bridgehead atoms. The first kappa shape index (κ1) is 10.1. The van der Waals surface area contributed by atoms with Gasteiger partial charge >= 0.3 is 25.7 Å². The van der Waals surface area contributed by atoms with Crippen LogP contribution in [0.3, 0.4) is 0 Å². The molecule has 0 saturated carbocycles. The number of hydrogen-bond donors (Lipinski definition) is 0. The molecular formula is C3H6O3Ti. The van der Waals surface area contributed by atoms with Crippen molar-refractivity contribution >= 4 is 5.78 Å². The monoisotopic (exact) mass is 138 g/mol. The Kier molecular flexibility index (Phi) is 13.5. The topological polar surface area (TPSA) is 51.2 Å². The molecule has 0 unspecified atom stereocenters. The molecule has 0 aliphatic heterocycles. The van der Waals surface area contributed by atoms with Crippen LogP contribution in [0.25, 0.3) is 0 Å². The molecule has 0 aliphatic rings. The standard InChI is InChI=1S/C3H6O.2O.Ti/c1-3(2)4;;;/h1-2H3;;;. The molecule has 0 aliphatic carbocycles. The van der Waals surface area contributed by atoms with Crippen LogP contribution >= 0.6 is 0 Å². The summed E-state index contributed by atoms with van der Waals surface area (Å²) >= 11 is -2.00. The summed E-state index contributed by atoms with van der Waals surface area (Å²) in [5.74, 6) is 0.167. The summed E-state index contributed by atoms with van der Waals surface area (Å²) in [6, 6.07) is 0. The molecule has 0 rings (SSSR count). The molecule has 0 aromatic carbocycles. The number of carbonyl (C=O) groups excluding carboxylic acids is 1. The Bertz CT molecular complexity index is 78.2. The van der Waals surface area contributed by atoms with Crippen molar-refractivity contribution in [2.24, 2.45) is 0 Å². The van der Waals surface area contributed by atoms with Crippen LogP contribution in [-0.4, -0.2) is 5.78 Å². The van der Waals surface area contributed by atoms with Gasteiger partial charge in [-0.25, -0.2) is 0 Å². The zero-order valence-corrected chi connectivity index (χ0v) is 5.79. The summed E-state index contributed by atoms with van der Waals surface area (Å²) in [6.07, 6.45) is 0. The molecule has 0 amide bonds. The van der Waals surface area contributed by atoms with Crippen LogP contribution in [0.15, 0.2) is 0 Å². The zero-order chi connectivity index (χ0) is 6.28. The van der Waals surface area contributed by atoms with Crippen LogP contribution in [-0.2, 0) is 30.5 Å². The van der Waals surface area contributed by atoms with Gasteiger partial charge in [-0.1, -0.05) is 0 Å². The third kappa shape index (κ3) is 385000. The van der Waals surface area contributed by atoms with Crippen molar-refractivity contribution in [2.75, 3.05) is 0 Å². The van der Waals surface area contributed by atoms with Crippen LogP contribution in [0.5, 0.6) is 0 Å².